The highest BCUT2D eigenvalue weighted by molar-refractivity contribution is 7.33. The first-order chi connectivity index (χ1) is 35.5. The summed E-state index contributed by atoms with van der Waals surface area (Å²) < 4.78 is 2.73. The Morgan fingerprint density at radius 3 is 1.64 bits per heavy atom. The molecule has 0 spiro atoms. The zero-order chi connectivity index (χ0) is 51.0. The largest absolute Gasteiger partial charge is 0.311 e. The van der Waals surface area contributed by atoms with Crippen molar-refractivity contribution in [1.82, 2.24) is 0 Å². The van der Waals surface area contributed by atoms with Gasteiger partial charge in [-0.2, -0.15) is 0 Å². The lowest BCUT2D eigenvalue weighted by atomic mass is 9.36. The number of thiophene rings is 1. The van der Waals surface area contributed by atoms with Crippen LogP contribution in [-0.4, -0.2) is 6.71 Å². The predicted octanol–water partition coefficient (Wildman–Crippen LogP) is 18.2. The van der Waals surface area contributed by atoms with Crippen molar-refractivity contribution >= 4 is 110 Å². The second-order valence-electron chi connectivity index (χ2n) is 24.0. The molecule has 0 fully saturated rings. The molecule has 0 radical (unpaired) electrons. The standard InChI is InChI=1S/C70H63BN2S/c1-11-43-26-35-61-59(38-43)71-65-62(72(66-58-42-49(70(8,9)10)31-37-64(58)74-67(66)71)50-32-27-44(28-33-50)45-18-16-19-47(39-45)68(2,3)4)24-17-25-63(65)73(61)60-36-30-48(69(5,6)7)41-56(60)46-29-34-55-53-22-13-12-20-51(53)52-21-14-15-23-54(52)57(55)40-46/h12-42H,11H2,1-10H3. The van der Waals surface area contributed by atoms with Gasteiger partial charge in [0.1, 0.15) is 0 Å². The van der Waals surface area contributed by atoms with Gasteiger partial charge in [-0.25, -0.2) is 0 Å². The van der Waals surface area contributed by atoms with Crippen LogP contribution in [0.15, 0.2) is 188 Å². The van der Waals surface area contributed by atoms with Crippen LogP contribution >= 0.6 is 11.3 Å². The minimum absolute atomic E-state index is 0.00301. The van der Waals surface area contributed by atoms with Gasteiger partial charge in [-0.3, -0.25) is 0 Å². The number of hydrogen-bond acceptors (Lipinski definition) is 3. The Labute approximate surface area is 442 Å². The molecule has 2 aliphatic rings. The second-order valence-corrected chi connectivity index (χ2v) is 25.1. The first kappa shape index (κ1) is 46.4. The fourth-order valence-corrected chi connectivity index (χ4v) is 13.5. The number of anilines is 6. The smallest absolute Gasteiger partial charge is 0.264 e. The molecule has 362 valence electrons. The van der Waals surface area contributed by atoms with Crippen LogP contribution in [0.25, 0.3) is 64.7 Å². The summed E-state index contributed by atoms with van der Waals surface area (Å²) in [7, 11) is 0. The fraction of sp³-hybridized carbons (Fsp3) is 0.200. The molecule has 1 aromatic heterocycles. The van der Waals surface area contributed by atoms with Gasteiger partial charge in [0.2, 0.25) is 0 Å². The van der Waals surface area contributed by atoms with Crippen LogP contribution in [0.3, 0.4) is 0 Å². The minimum Gasteiger partial charge on any atom is -0.311 e. The summed E-state index contributed by atoms with van der Waals surface area (Å²) in [6.07, 6.45) is 0.963. The molecule has 0 N–H and O–H groups in total. The molecule has 0 amide bonds. The van der Waals surface area contributed by atoms with Crippen LogP contribution in [0.4, 0.5) is 34.1 Å². The molecule has 13 rings (SSSR count). The Balaban J connectivity index is 1.07. The first-order valence-corrected chi connectivity index (χ1v) is 27.5. The van der Waals surface area contributed by atoms with E-state index in [1.807, 2.05) is 11.3 Å². The van der Waals surface area contributed by atoms with Gasteiger partial charge in [0.15, 0.2) is 0 Å². The first-order valence-electron chi connectivity index (χ1n) is 26.7. The number of nitrogens with zero attached hydrogens (tertiary/aromatic N) is 2. The van der Waals surface area contributed by atoms with Gasteiger partial charge in [-0.05, 0) is 166 Å². The second kappa shape index (κ2) is 16.8. The Kier molecular flexibility index (Phi) is 10.5. The monoisotopic (exact) mass is 974 g/mol. The van der Waals surface area contributed by atoms with E-state index in [-0.39, 0.29) is 23.0 Å². The average molecular weight is 975 g/mol. The van der Waals surface area contributed by atoms with Crippen molar-refractivity contribution < 1.29 is 0 Å². The van der Waals surface area contributed by atoms with Gasteiger partial charge < -0.3 is 9.80 Å². The molecule has 4 heteroatoms. The van der Waals surface area contributed by atoms with Crippen molar-refractivity contribution in [1.29, 1.82) is 0 Å². The molecule has 0 saturated heterocycles. The zero-order valence-electron chi connectivity index (χ0n) is 44.5. The van der Waals surface area contributed by atoms with Crippen molar-refractivity contribution in [2.75, 3.05) is 9.80 Å². The fourth-order valence-electron chi connectivity index (χ4n) is 12.2. The summed E-state index contributed by atoms with van der Waals surface area (Å²) in [5.74, 6) is 0. The molecule has 2 aliphatic heterocycles. The normalized spacial score (nSPS) is 13.5. The van der Waals surface area contributed by atoms with Crippen molar-refractivity contribution in [3.63, 3.8) is 0 Å². The summed E-state index contributed by atoms with van der Waals surface area (Å²) >= 11 is 1.98. The van der Waals surface area contributed by atoms with Gasteiger partial charge in [0.05, 0.1) is 11.4 Å². The van der Waals surface area contributed by atoms with Crippen molar-refractivity contribution in [3.05, 3.63) is 210 Å². The van der Waals surface area contributed by atoms with Crippen LogP contribution in [0, 0.1) is 0 Å². The van der Waals surface area contributed by atoms with Crippen LogP contribution in [0.2, 0.25) is 0 Å². The highest BCUT2D eigenvalue weighted by atomic mass is 32.1. The summed E-state index contributed by atoms with van der Waals surface area (Å²) in [6, 6.07) is 72.5. The van der Waals surface area contributed by atoms with Crippen LogP contribution in [-0.2, 0) is 22.7 Å². The average Bonchev–Trinajstić information content (AvgIpc) is 3.78. The van der Waals surface area contributed by atoms with Gasteiger partial charge in [0, 0.05) is 43.2 Å². The third-order valence-corrected chi connectivity index (χ3v) is 17.5. The van der Waals surface area contributed by atoms with Crippen LogP contribution < -0.4 is 25.5 Å². The van der Waals surface area contributed by atoms with Crippen LogP contribution in [0.1, 0.15) is 91.5 Å². The highest BCUT2D eigenvalue weighted by Gasteiger charge is 2.45. The molecule has 11 aromatic rings. The molecule has 74 heavy (non-hydrogen) atoms. The lowest BCUT2D eigenvalue weighted by Gasteiger charge is -2.43. The molecule has 3 heterocycles. The predicted molar refractivity (Wildman–Crippen MR) is 325 cm³/mol. The molecule has 0 aliphatic carbocycles. The van der Waals surface area contributed by atoms with Crippen molar-refractivity contribution in [2.24, 2.45) is 0 Å². The number of benzene rings is 10. The Hall–Kier alpha value is -7.40. The molecule has 0 unspecified atom stereocenters. The maximum absolute atomic E-state index is 2.62. The van der Waals surface area contributed by atoms with E-state index in [1.54, 1.807) is 0 Å². The maximum Gasteiger partial charge on any atom is 0.264 e. The summed E-state index contributed by atoms with van der Waals surface area (Å²) in [4.78, 5) is 5.23. The van der Waals surface area contributed by atoms with Crippen molar-refractivity contribution in [3.8, 4) is 22.3 Å². The van der Waals surface area contributed by atoms with E-state index in [0.29, 0.717) is 0 Å². The Bertz CT molecular complexity index is 4050. The number of aryl methyl sites for hydroxylation is 1. The number of rotatable bonds is 5. The van der Waals surface area contributed by atoms with Gasteiger partial charge in [-0.15, -0.1) is 11.3 Å². The maximum atomic E-state index is 2.62. The number of fused-ring (bicyclic) bond motifs is 12. The van der Waals surface area contributed by atoms with Crippen LogP contribution in [0.5, 0.6) is 0 Å². The molecular formula is C70H63BN2S. The van der Waals surface area contributed by atoms with E-state index < -0.39 is 0 Å². The lowest BCUT2D eigenvalue weighted by molar-refractivity contribution is 0.590. The highest BCUT2D eigenvalue weighted by Crippen LogP contribution is 2.51. The topological polar surface area (TPSA) is 6.48 Å². The number of hydrogen-bond donors (Lipinski definition) is 0. The van der Waals surface area contributed by atoms with E-state index in [2.05, 4.69) is 267 Å². The van der Waals surface area contributed by atoms with Gasteiger partial charge in [-0.1, -0.05) is 197 Å². The van der Waals surface area contributed by atoms with E-state index >= 15 is 0 Å². The zero-order valence-corrected chi connectivity index (χ0v) is 45.3. The minimum atomic E-state index is -0.0598. The Morgan fingerprint density at radius 1 is 0.405 bits per heavy atom. The third kappa shape index (κ3) is 7.35. The van der Waals surface area contributed by atoms with E-state index in [4.69, 9.17) is 0 Å². The summed E-state index contributed by atoms with van der Waals surface area (Å²) in [5, 5.41) is 9.05. The quantitative estimate of drug-likeness (QED) is 0.125. The molecule has 0 atom stereocenters. The van der Waals surface area contributed by atoms with E-state index in [1.165, 1.54) is 137 Å². The Morgan fingerprint density at radius 2 is 0.973 bits per heavy atom. The molecule has 0 bridgehead atoms. The summed E-state index contributed by atoms with van der Waals surface area (Å²) in [6.45, 7) is 23.2. The summed E-state index contributed by atoms with van der Waals surface area (Å²) in [5.41, 5.74) is 20.4. The molecule has 0 saturated carbocycles. The lowest BCUT2D eigenvalue weighted by Crippen LogP contribution is -2.60. The van der Waals surface area contributed by atoms with Crippen molar-refractivity contribution in [2.45, 2.75) is 91.9 Å². The third-order valence-electron chi connectivity index (χ3n) is 16.3. The molecule has 10 aromatic carbocycles. The van der Waals surface area contributed by atoms with Gasteiger partial charge >= 0.3 is 0 Å². The molecular weight excluding hydrogens is 912 g/mol. The molecule has 2 nitrogen and oxygen atoms in total. The van der Waals surface area contributed by atoms with E-state index in [9.17, 15) is 0 Å². The SMILES string of the molecule is CCc1ccc2c(c1)B1c3sc4ccc(C(C)(C)C)cc4c3N(c3ccc(-c4cccc(C(C)(C)C)c4)cc3)c3cccc(c31)N2c1ccc(C(C)(C)C)cc1-c1ccc2c3ccccc3c3ccccc3c2c1. The van der Waals surface area contributed by atoms with Gasteiger partial charge in [0.25, 0.3) is 6.71 Å². The van der Waals surface area contributed by atoms with E-state index in [0.717, 1.165) is 6.42 Å².